The molecule has 0 N–H and O–H groups in total. The van der Waals surface area contributed by atoms with Crippen molar-refractivity contribution in [3.63, 3.8) is 0 Å². The van der Waals surface area contributed by atoms with Gasteiger partial charge in [-0.05, 0) is 103 Å². The molecular formula is C69H116O6. The fraction of sp³-hybridized carbons (Fsp3) is 0.696. The topological polar surface area (TPSA) is 78.9 Å². The van der Waals surface area contributed by atoms with Gasteiger partial charge in [0.15, 0.2) is 6.10 Å². The van der Waals surface area contributed by atoms with Gasteiger partial charge in [0.1, 0.15) is 13.2 Å². The van der Waals surface area contributed by atoms with Crippen molar-refractivity contribution in [2.75, 3.05) is 13.2 Å². The highest BCUT2D eigenvalue weighted by atomic mass is 16.6. The lowest BCUT2D eigenvalue weighted by molar-refractivity contribution is -0.167. The Morgan fingerprint density at radius 3 is 0.827 bits per heavy atom. The van der Waals surface area contributed by atoms with E-state index in [1.54, 1.807) is 0 Å². The second kappa shape index (κ2) is 62.6. The van der Waals surface area contributed by atoms with Crippen LogP contribution in [0.4, 0.5) is 0 Å². The lowest BCUT2D eigenvalue weighted by atomic mass is 10.0. The average Bonchev–Trinajstić information content (AvgIpc) is 3.41. The van der Waals surface area contributed by atoms with Gasteiger partial charge in [0.05, 0.1) is 0 Å². The summed E-state index contributed by atoms with van der Waals surface area (Å²) in [6, 6.07) is 0. The number of allylic oxidation sites excluding steroid dienone is 18. The zero-order chi connectivity index (χ0) is 54.3. The van der Waals surface area contributed by atoms with E-state index in [0.29, 0.717) is 12.8 Å². The van der Waals surface area contributed by atoms with Gasteiger partial charge in [0.2, 0.25) is 0 Å². The predicted octanol–water partition coefficient (Wildman–Crippen LogP) is 21.4. The number of carbonyl (C=O) groups excluding carboxylic acids is 3. The molecule has 0 heterocycles. The van der Waals surface area contributed by atoms with Crippen LogP contribution < -0.4 is 0 Å². The molecule has 75 heavy (non-hydrogen) atoms. The second-order valence-electron chi connectivity index (χ2n) is 20.6. The third-order valence-corrected chi connectivity index (χ3v) is 13.3. The number of rotatable bonds is 56. The van der Waals surface area contributed by atoms with Gasteiger partial charge in [0, 0.05) is 19.3 Å². The maximum atomic E-state index is 12.9. The Hall–Kier alpha value is -3.93. The van der Waals surface area contributed by atoms with Gasteiger partial charge in [0.25, 0.3) is 0 Å². The number of esters is 3. The van der Waals surface area contributed by atoms with Crippen molar-refractivity contribution in [3.05, 3.63) is 109 Å². The van der Waals surface area contributed by atoms with E-state index >= 15 is 0 Å². The molecule has 428 valence electrons. The Morgan fingerprint density at radius 2 is 0.520 bits per heavy atom. The van der Waals surface area contributed by atoms with Crippen LogP contribution in [0, 0.1) is 0 Å². The largest absolute Gasteiger partial charge is 0.462 e. The first-order chi connectivity index (χ1) is 37.0. The van der Waals surface area contributed by atoms with Gasteiger partial charge >= 0.3 is 17.9 Å². The summed E-state index contributed by atoms with van der Waals surface area (Å²) in [4.78, 5) is 38.1. The first-order valence-corrected chi connectivity index (χ1v) is 31.4. The molecule has 0 aromatic rings. The molecule has 0 aliphatic carbocycles. The lowest BCUT2D eigenvalue weighted by Gasteiger charge is -2.18. The van der Waals surface area contributed by atoms with Crippen molar-refractivity contribution >= 4 is 17.9 Å². The van der Waals surface area contributed by atoms with Crippen LogP contribution in [0.15, 0.2) is 109 Å². The quantitative estimate of drug-likeness (QED) is 0.0261. The van der Waals surface area contributed by atoms with E-state index in [-0.39, 0.29) is 37.5 Å². The maximum Gasteiger partial charge on any atom is 0.306 e. The van der Waals surface area contributed by atoms with Crippen LogP contribution >= 0.6 is 0 Å². The Bertz CT molecular complexity index is 1520. The van der Waals surface area contributed by atoms with E-state index in [9.17, 15) is 14.4 Å². The summed E-state index contributed by atoms with van der Waals surface area (Å²) >= 11 is 0. The highest BCUT2D eigenvalue weighted by Gasteiger charge is 2.19. The number of hydrogen-bond acceptors (Lipinski definition) is 6. The fourth-order valence-corrected chi connectivity index (χ4v) is 8.64. The molecule has 0 spiro atoms. The van der Waals surface area contributed by atoms with Crippen molar-refractivity contribution in [2.45, 2.75) is 297 Å². The molecular weight excluding hydrogens is 925 g/mol. The molecule has 6 nitrogen and oxygen atoms in total. The zero-order valence-electron chi connectivity index (χ0n) is 49.0. The van der Waals surface area contributed by atoms with Crippen LogP contribution in [-0.4, -0.2) is 37.2 Å². The number of hydrogen-bond donors (Lipinski definition) is 0. The number of unbranched alkanes of at least 4 members (excludes halogenated alkanes) is 27. The summed E-state index contributed by atoms with van der Waals surface area (Å²) in [7, 11) is 0. The molecule has 0 fully saturated rings. The van der Waals surface area contributed by atoms with Crippen LogP contribution in [0.3, 0.4) is 0 Å². The average molecular weight is 1040 g/mol. The third-order valence-electron chi connectivity index (χ3n) is 13.3. The van der Waals surface area contributed by atoms with Crippen molar-refractivity contribution in [2.24, 2.45) is 0 Å². The number of ether oxygens (including phenoxy) is 3. The van der Waals surface area contributed by atoms with E-state index in [1.165, 1.54) is 128 Å². The van der Waals surface area contributed by atoms with Crippen LogP contribution in [0.1, 0.15) is 290 Å². The van der Waals surface area contributed by atoms with E-state index in [1.807, 2.05) is 0 Å². The molecule has 0 saturated heterocycles. The SMILES string of the molecule is CC/C=C\C/C=C\C/C=C\C/C=C\C/C=C\CCCCCC(=O)OC(COC(=O)CCCCCCCCCCC)COC(=O)CCCCCCCCCCCCCCCCCC/C=C\C/C=C\C/C=C\C/C=C\CC. The van der Waals surface area contributed by atoms with Gasteiger partial charge in [-0.2, -0.15) is 0 Å². The van der Waals surface area contributed by atoms with Gasteiger partial charge in [-0.1, -0.05) is 278 Å². The standard InChI is InChI=1S/C69H116O6/c1-4-7-10-13-16-19-21-23-25-27-29-30-31-32-33-34-35-36-37-38-40-41-43-45-47-50-53-56-59-62-68(71)74-65-66(64-73-67(70)61-58-55-52-49-18-15-12-9-6-3)75-69(72)63-60-57-54-51-48-46-44-42-39-28-26-24-22-20-17-14-11-8-5-2/h7-8,10-11,16-17,19-20,23-26,29-30,39,42,46,48,66H,4-6,9,12-15,18,21-22,27-28,31-38,40-41,43-45,47,49-65H2,1-3H3/b10-7-,11-8-,19-16-,20-17-,25-23-,26-24-,30-29-,42-39-,48-46-. The van der Waals surface area contributed by atoms with E-state index in [4.69, 9.17) is 14.2 Å². The molecule has 0 radical (unpaired) electrons. The monoisotopic (exact) mass is 1040 g/mol. The van der Waals surface area contributed by atoms with E-state index in [2.05, 4.69) is 130 Å². The molecule has 6 heteroatoms. The van der Waals surface area contributed by atoms with Gasteiger partial charge in [-0.3, -0.25) is 14.4 Å². The molecule has 0 rings (SSSR count). The van der Waals surface area contributed by atoms with Crippen LogP contribution in [0.2, 0.25) is 0 Å². The van der Waals surface area contributed by atoms with Crippen molar-refractivity contribution in [1.29, 1.82) is 0 Å². The van der Waals surface area contributed by atoms with E-state index < -0.39 is 6.10 Å². The highest BCUT2D eigenvalue weighted by molar-refractivity contribution is 5.71. The lowest BCUT2D eigenvalue weighted by Crippen LogP contribution is -2.30. The van der Waals surface area contributed by atoms with E-state index in [0.717, 1.165) is 122 Å². The van der Waals surface area contributed by atoms with Crippen LogP contribution in [-0.2, 0) is 28.6 Å². The molecule has 0 amide bonds. The molecule has 1 atom stereocenters. The number of carbonyl (C=O) groups is 3. The Kier molecular flexibility index (Phi) is 59.3. The maximum absolute atomic E-state index is 12.9. The van der Waals surface area contributed by atoms with Crippen molar-refractivity contribution < 1.29 is 28.6 Å². The first kappa shape index (κ1) is 71.1. The highest BCUT2D eigenvalue weighted by Crippen LogP contribution is 2.16. The zero-order valence-corrected chi connectivity index (χ0v) is 49.0. The minimum absolute atomic E-state index is 0.0893. The molecule has 0 bridgehead atoms. The third kappa shape index (κ3) is 60.8. The first-order valence-electron chi connectivity index (χ1n) is 31.4. The van der Waals surface area contributed by atoms with Gasteiger partial charge in [-0.25, -0.2) is 0 Å². The van der Waals surface area contributed by atoms with Crippen LogP contribution in [0.5, 0.6) is 0 Å². The normalized spacial score (nSPS) is 12.8. The molecule has 1 unspecified atom stereocenters. The van der Waals surface area contributed by atoms with Crippen molar-refractivity contribution in [3.8, 4) is 0 Å². The minimum atomic E-state index is -0.794. The summed E-state index contributed by atoms with van der Waals surface area (Å²) < 4.78 is 16.8. The van der Waals surface area contributed by atoms with Crippen molar-refractivity contribution in [1.82, 2.24) is 0 Å². The van der Waals surface area contributed by atoms with Gasteiger partial charge in [-0.15, -0.1) is 0 Å². The molecule has 0 aromatic carbocycles. The summed E-state index contributed by atoms with van der Waals surface area (Å²) in [5, 5.41) is 0. The predicted molar refractivity (Wildman–Crippen MR) is 325 cm³/mol. The smallest absolute Gasteiger partial charge is 0.306 e. The summed E-state index contributed by atoms with van der Waals surface area (Å²) in [5.41, 5.74) is 0. The molecule has 0 aromatic heterocycles. The van der Waals surface area contributed by atoms with Crippen LogP contribution in [0.25, 0.3) is 0 Å². The van der Waals surface area contributed by atoms with Gasteiger partial charge < -0.3 is 14.2 Å². The Labute approximate surface area is 463 Å². The summed E-state index contributed by atoms with van der Waals surface area (Å²) in [6.07, 6.45) is 85.4. The summed E-state index contributed by atoms with van der Waals surface area (Å²) in [6.45, 7) is 6.38. The Morgan fingerprint density at radius 1 is 0.280 bits per heavy atom. The minimum Gasteiger partial charge on any atom is -0.462 e. The molecule has 0 aliphatic rings. The summed E-state index contributed by atoms with van der Waals surface area (Å²) in [5.74, 6) is -0.918. The fourth-order valence-electron chi connectivity index (χ4n) is 8.64. The molecule has 0 aliphatic heterocycles. The Balaban J connectivity index is 4.21. The molecule has 0 saturated carbocycles. The second-order valence-corrected chi connectivity index (χ2v) is 20.6.